The van der Waals surface area contributed by atoms with Gasteiger partial charge in [-0.3, -0.25) is 4.79 Å². The number of carbonyl (C=O) groups is 1. The summed E-state index contributed by atoms with van der Waals surface area (Å²) in [6.07, 6.45) is 5.99. The second kappa shape index (κ2) is 7.06. The molecule has 0 atom stereocenters. The Morgan fingerprint density at radius 3 is 2.43 bits per heavy atom. The van der Waals surface area contributed by atoms with Crippen LogP contribution in [0.3, 0.4) is 0 Å². The van der Waals surface area contributed by atoms with Crippen LogP contribution >= 0.6 is 0 Å². The molecule has 0 aliphatic carbocycles. The fourth-order valence-electron chi connectivity index (χ4n) is 0.706. The zero-order chi connectivity index (χ0) is 11.0. The van der Waals surface area contributed by atoms with Crippen LogP contribution in [0.4, 0.5) is 0 Å². The maximum atomic E-state index is 10.5. The van der Waals surface area contributed by atoms with Gasteiger partial charge in [-0.2, -0.15) is 4.99 Å². The Bertz CT molecular complexity index is 271. The van der Waals surface area contributed by atoms with Gasteiger partial charge < -0.3 is 4.74 Å². The molecule has 0 aromatic carbocycles. The highest BCUT2D eigenvalue weighted by Crippen LogP contribution is 2.06. The number of nitrogens with zero attached hydrogens (tertiary/aromatic N) is 1. The van der Waals surface area contributed by atoms with Crippen molar-refractivity contribution in [3.8, 4) is 0 Å². The predicted molar refractivity (Wildman–Crippen MR) is 58.1 cm³/mol. The van der Waals surface area contributed by atoms with Crippen LogP contribution in [0.2, 0.25) is 0 Å². The van der Waals surface area contributed by atoms with Crippen molar-refractivity contribution in [2.45, 2.75) is 34.1 Å². The lowest BCUT2D eigenvalue weighted by Crippen LogP contribution is -1.92. The molecule has 14 heavy (non-hydrogen) atoms. The zero-order valence-electron chi connectivity index (χ0n) is 9.20. The van der Waals surface area contributed by atoms with Gasteiger partial charge in [-0.25, -0.2) is 0 Å². The number of amides is 1. The number of hydrogen-bond acceptors (Lipinski definition) is 2. The molecule has 1 amide bonds. The number of ether oxygens (including phenoxy) is 1. The summed E-state index contributed by atoms with van der Waals surface area (Å²) in [7, 11) is 0. The smallest absolute Gasteiger partial charge is 0.245 e. The molecule has 0 radical (unpaired) electrons. The highest BCUT2D eigenvalue weighted by molar-refractivity contribution is 5.80. The van der Waals surface area contributed by atoms with Gasteiger partial charge in [-0.1, -0.05) is 13.0 Å². The third-order valence-electron chi connectivity index (χ3n) is 1.41. The SMILES string of the molecule is CC/C=C\C(OC=NC(C)=O)=C(C)C. The van der Waals surface area contributed by atoms with Crippen LogP contribution in [0.25, 0.3) is 0 Å². The van der Waals surface area contributed by atoms with Gasteiger partial charge in [-0.05, 0) is 31.9 Å². The minimum atomic E-state index is -0.266. The first-order chi connectivity index (χ1) is 6.57. The van der Waals surface area contributed by atoms with E-state index >= 15 is 0 Å². The normalized spacial score (nSPS) is 10.9. The van der Waals surface area contributed by atoms with Crippen LogP contribution in [0.1, 0.15) is 34.1 Å². The molecule has 0 bridgehead atoms. The van der Waals surface area contributed by atoms with Crippen molar-refractivity contribution in [3.63, 3.8) is 0 Å². The second-order valence-corrected chi connectivity index (χ2v) is 3.05. The lowest BCUT2D eigenvalue weighted by atomic mass is 10.2. The number of rotatable bonds is 4. The number of hydrogen-bond donors (Lipinski definition) is 0. The van der Waals surface area contributed by atoms with E-state index in [1.54, 1.807) is 0 Å². The molecule has 0 N–H and O–H groups in total. The summed E-state index contributed by atoms with van der Waals surface area (Å²) in [4.78, 5) is 14.0. The first kappa shape index (κ1) is 12.6. The molecule has 0 aromatic heterocycles. The van der Waals surface area contributed by atoms with Crippen molar-refractivity contribution in [3.05, 3.63) is 23.5 Å². The van der Waals surface area contributed by atoms with Gasteiger partial charge in [0.1, 0.15) is 5.76 Å². The van der Waals surface area contributed by atoms with Crippen LogP contribution < -0.4 is 0 Å². The Morgan fingerprint density at radius 2 is 2.00 bits per heavy atom. The summed E-state index contributed by atoms with van der Waals surface area (Å²) < 4.78 is 5.20. The van der Waals surface area contributed by atoms with E-state index in [9.17, 15) is 4.79 Å². The first-order valence-corrected chi connectivity index (χ1v) is 4.61. The quantitative estimate of drug-likeness (QED) is 0.299. The van der Waals surface area contributed by atoms with Gasteiger partial charge in [0.05, 0.1) is 0 Å². The number of allylic oxidation sites excluding steroid dienone is 3. The van der Waals surface area contributed by atoms with E-state index in [0.717, 1.165) is 17.8 Å². The molecule has 0 fully saturated rings. The first-order valence-electron chi connectivity index (χ1n) is 4.61. The fraction of sp³-hybridized carbons (Fsp3) is 0.455. The van der Waals surface area contributed by atoms with E-state index < -0.39 is 0 Å². The number of aliphatic imine (C=N–C) groups is 1. The lowest BCUT2D eigenvalue weighted by molar-refractivity contribution is -0.115. The van der Waals surface area contributed by atoms with Gasteiger partial charge in [0.2, 0.25) is 5.91 Å². The molecule has 0 aromatic rings. The molecule has 0 aliphatic heterocycles. The average Bonchev–Trinajstić information content (AvgIpc) is 2.09. The molecular weight excluding hydrogens is 178 g/mol. The predicted octanol–water partition coefficient (Wildman–Crippen LogP) is 2.84. The van der Waals surface area contributed by atoms with Gasteiger partial charge in [0.15, 0.2) is 6.40 Å². The summed E-state index contributed by atoms with van der Waals surface area (Å²) >= 11 is 0. The van der Waals surface area contributed by atoms with Crippen LogP contribution in [0, 0.1) is 0 Å². The van der Waals surface area contributed by atoms with Gasteiger partial charge in [0, 0.05) is 6.92 Å². The molecule has 3 heteroatoms. The molecule has 3 nitrogen and oxygen atoms in total. The third-order valence-corrected chi connectivity index (χ3v) is 1.41. The third kappa shape index (κ3) is 6.17. The zero-order valence-corrected chi connectivity index (χ0v) is 9.20. The van der Waals surface area contributed by atoms with Crippen LogP contribution in [-0.2, 0) is 9.53 Å². The largest absolute Gasteiger partial charge is 0.446 e. The second-order valence-electron chi connectivity index (χ2n) is 3.05. The molecule has 0 spiro atoms. The van der Waals surface area contributed by atoms with Crippen molar-refractivity contribution < 1.29 is 9.53 Å². The maximum absolute atomic E-state index is 10.5. The molecule has 0 aliphatic rings. The highest BCUT2D eigenvalue weighted by atomic mass is 16.5. The fourth-order valence-corrected chi connectivity index (χ4v) is 0.706. The van der Waals surface area contributed by atoms with E-state index in [2.05, 4.69) is 4.99 Å². The molecule has 0 unspecified atom stereocenters. The molecule has 0 saturated heterocycles. The van der Waals surface area contributed by atoms with Crippen molar-refractivity contribution in [1.82, 2.24) is 0 Å². The summed E-state index contributed by atoms with van der Waals surface area (Å²) in [5, 5.41) is 0. The van der Waals surface area contributed by atoms with Crippen molar-refractivity contribution >= 4 is 12.3 Å². The van der Waals surface area contributed by atoms with Gasteiger partial charge in [0.25, 0.3) is 0 Å². The van der Waals surface area contributed by atoms with Crippen molar-refractivity contribution in [1.29, 1.82) is 0 Å². The Balaban J connectivity index is 4.34. The Morgan fingerprint density at radius 1 is 1.36 bits per heavy atom. The van der Waals surface area contributed by atoms with E-state index in [0.29, 0.717) is 0 Å². The highest BCUT2D eigenvalue weighted by Gasteiger charge is 1.93. The van der Waals surface area contributed by atoms with Crippen LogP contribution in [0.5, 0.6) is 0 Å². The molecule has 0 heterocycles. The van der Waals surface area contributed by atoms with Crippen LogP contribution in [-0.4, -0.2) is 12.3 Å². The molecule has 0 rings (SSSR count). The summed E-state index contributed by atoms with van der Waals surface area (Å²) in [6.45, 7) is 7.31. The van der Waals surface area contributed by atoms with E-state index in [4.69, 9.17) is 4.74 Å². The lowest BCUT2D eigenvalue weighted by Gasteiger charge is -2.01. The topological polar surface area (TPSA) is 38.7 Å². The number of carbonyl (C=O) groups excluding carboxylic acids is 1. The summed E-state index contributed by atoms with van der Waals surface area (Å²) in [5.74, 6) is 0.467. The molecule has 78 valence electrons. The Hall–Kier alpha value is -1.38. The van der Waals surface area contributed by atoms with Gasteiger partial charge in [-0.15, -0.1) is 0 Å². The van der Waals surface area contributed by atoms with Crippen molar-refractivity contribution in [2.24, 2.45) is 4.99 Å². The summed E-state index contributed by atoms with van der Waals surface area (Å²) in [5.41, 5.74) is 1.05. The summed E-state index contributed by atoms with van der Waals surface area (Å²) in [6, 6.07) is 0. The maximum Gasteiger partial charge on any atom is 0.245 e. The average molecular weight is 195 g/mol. The monoisotopic (exact) mass is 195 g/mol. The van der Waals surface area contributed by atoms with E-state index in [1.165, 1.54) is 13.3 Å². The minimum absolute atomic E-state index is 0.266. The van der Waals surface area contributed by atoms with Crippen molar-refractivity contribution in [2.75, 3.05) is 0 Å². The standard InChI is InChI=1S/C11H17NO2/c1-5-6-7-11(9(2)3)14-8-12-10(4)13/h6-8H,5H2,1-4H3/b7-6-,12-8?. The minimum Gasteiger partial charge on any atom is -0.446 e. The van der Waals surface area contributed by atoms with E-state index in [1.807, 2.05) is 32.9 Å². The Labute approximate surface area is 85.2 Å². The Kier molecular flexibility index (Phi) is 6.37. The molecule has 0 saturated carbocycles. The van der Waals surface area contributed by atoms with Gasteiger partial charge >= 0.3 is 0 Å². The molecular formula is C11H17NO2. The van der Waals surface area contributed by atoms with E-state index in [-0.39, 0.29) is 5.91 Å². The van der Waals surface area contributed by atoms with Crippen LogP contribution in [0.15, 0.2) is 28.5 Å².